The molecule has 2 amide bonds. The number of carbonyl (C=O) groups is 2. The van der Waals surface area contributed by atoms with Crippen molar-refractivity contribution in [3.8, 4) is 11.5 Å². The van der Waals surface area contributed by atoms with Crippen molar-refractivity contribution in [1.82, 2.24) is 4.90 Å². The zero-order chi connectivity index (χ0) is 22.1. The van der Waals surface area contributed by atoms with Gasteiger partial charge in [0.1, 0.15) is 17.2 Å². The van der Waals surface area contributed by atoms with E-state index in [0.29, 0.717) is 45.9 Å². The second-order valence-electron chi connectivity index (χ2n) is 8.42. The third kappa shape index (κ3) is 3.78. The van der Waals surface area contributed by atoms with Crippen LogP contribution in [0.25, 0.3) is 5.57 Å². The maximum atomic E-state index is 13.7. The van der Waals surface area contributed by atoms with Crippen LogP contribution in [0.3, 0.4) is 0 Å². The molecular formula is C25H28N2O4. The molecule has 31 heavy (non-hydrogen) atoms. The number of amides is 2. The number of benzene rings is 2. The molecule has 0 saturated carbocycles. The molecule has 2 atom stereocenters. The van der Waals surface area contributed by atoms with Crippen LogP contribution in [0.4, 0.5) is 5.69 Å². The Hall–Kier alpha value is -3.28. The van der Waals surface area contributed by atoms with Gasteiger partial charge in [-0.05, 0) is 48.1 Å². The van der Waals surface area contributed by atoms with Gasteiger partial charge in [0.05, 0.1) is 25.5 Å². The number of imide groups is 1. The number of nitrogens with zero attached hydrogens (tertiary/aromatic N) is 2. The number of methoxy groups -OCH3 is 2. The number of likely N-dealkylation sites (tertiary alicyclic amines) is 1. The molecule has 2 heterocycles. The second kappa shape index (κ2) is 8.46. The number of hydrogen-bond acceptors (Lipinski definition) is 5. The molecule has 162 valence electrons. The predicted octanol–water partition coefficient (Wildman–Crippen LogP) is 3.97. The quantitative estimate of drug-likeness (QED) is 0.685. The Morgan fingerprint density at radius 3 is 2.10 bits per heavy atom. The Kier molecular flexibility index (Phi) is 5.72. The molecule has 2 aromatic rings. The molecule has 1 fully saturated rings. The van der Waals surface area contributed by atoms with Crippen molar-refractivity contribution in [1.29, 1.82) is 0 Å². The van der Waals surface area contributed by atoms with Crippen molar-refractivity contribution in [2.45, 2.75) is 20.3 Å². The van der Waals surface area contributed by atoms with Crippen LogP contribution >= 0.6 is 0 Å². The first-order valence-corrected chi connectivity index (χ1v) is 10.6. The number of rotatable bonds is 5. The van der Waals surface area contributed by atoms with Gasteiger partial charge in [-0.15, -0.1) is 0 Å². The number of para-hydroxylation sites is 2. The Morgan fingerprint density at radius 2 is 1.48 bits per heavy atom. The SMILES string of the molecule is COc1ccc(C2=C(N3CC(C)CC(C)C3)C(=O)N(c3ccccc3OC)C2=O)cc1. The lowest BCUT2D eigenvalue weighted by Gasteiger charge is -2.37. The maximum absolute atomic E-state index is 13.7. The van der Waals surface area contributed by atoms with Crippen LogP contribution < -0.4 is 14.4 Å². The Balaban J connectivity index is 1.84. The summed E-state index contributed by atoms with van der Waals surface area (Å²) in [6.07, 6.45) is 1.11. The molecule has 0 aromatic heterocycles. The van der Waals surface area contributed by atoms with Gasteiger partial charge in [0.2, 0.25) is 0 Å². The molecule has 0 aliphatic carbocycles. The van der Waals surface area contributed by atoms with Gasteiger partial charge in [-0.2, -0.15) is 0 Å². The van der Waals surface area contributed by atoms with E-state index < -0.39 is 0 Å². The highest BCUT2D eigenvalue weighted by Crippen LogP contribution is 2.40. The number of hydrogen-bond donors (Lipinski definition) is 0. The van der Waals surface area contributed by atoms with Crippen LogP contribution in [0, 0.1) is 11.8 Å². The summed E-state index contributed by atoms with van der Waals surface area (Å²) in [5.41, 5.74) is 2.07. The molecule has 2 aliphatic rings. The number of piperidine rings is 1. The lowest BCUT2D eigenvalue weighted by atomic mass is 9.91. The minimum absolute atomic E-state index is 0.304. The van der Waals surface area contributed by atoms with Crippen molar-refractivity contribution in [2.75, 3.05) is 32.2 Å². The molecule has 6 heteroatoms. The predicted molar refractivity (Wildman–Crippen MR) is 120 cm³/mol. The summed E-state index contributed by atoms with van der Waals surface area (Å²) in [7, 11) is 3.14. The van der Waals surface area contributed by atoms with E-state index in [-0.39, 0.29) is 11.8 Å². The lowest BCUT2D eigenvalue weighted by Crippen LogP contribution is -2.42. The van der Waals surface area contributed by atoms with Gasteiger partial charge >= 0.3 is 0 Å². The van der Waals surface area contributed by atoms with E-state index in [9.17, 15) is 9.59 Å². The maximum Gasteiger partial charge on any atom is 0.282 e. The van der Waals surface area contributed by atoms with Crippen LogP contribution in [0.1, 0.15) is 25.8 Å². The molecule has 2 unspecified atom stereocenters. The zero-order valence-corrected chi connectivity index (χ0v) is 18.4. The van der Waals surface area contributed by atoms with Gasteiger partial charge in [-0.25, -0.2) is 4.90 Å². The molecule has 2 aromatic carbocycles. The number of anilines is 1. The number of carbonyl (C=O) groups excluding carboxylic acids is 2. The molecule has 0 spiro atoms. The zero-order valence-electron chi connectivity index (χ0n) is 18.4. The normalized spacial score (nSPS) is 21.7. The van der Waals surface area contributed by atoms with Crippen molar-refractivity contribution in [3.63, 3.8) is 0 Å². The van der Waals surface area contributed by atoms with Crippen molar-refractivity contribution in [3.05, 3.63) is 59.8 Å². The van der Waals surface area contributed by atoms with E-state index in [4.69, 9.17) is 9.47 Å². The lowest BCUT2D eigenvalue weighted by molar-refractivity contribution is -0.120. The summed E-state index contributed by atoms with van der Waals surface area (Å²) in [6.45, 7) is 5.88. The van der Waals surface area contributed by atoms with E-state index in [1.54, 1.807) is 25.3 Å². The monoisotopic (exact) mass is 420 g/mol. The van der Waals surface area contributed by atoms with Crippen LogP contribution in [-0.4, -0.2) is 44.0 Å². The summed E-state index contributed by atoms with van der Waals surface area (Å²) in [5.74, 6) is 1.43. The van der Waals surface area contributed by atoms with Crippen molar-refractivity contribution >= 4 is 23.1 Å². The van der Waals surface area contributed by atoms with Crippen LogP contribution in [0.2, 0.25) is 0 Å². The topological polar surface area (TPSA) is 59.1 Å². The third-order valence-electron chi connectivity index (χ3n) is 5.95. The first-order chi connectivity index (χ1) is 14.9. The standard InChI is InChI=1S/C25H28N2O4/c1-16-13-17(2)15-26(14-16)23-22(18-9-11-19(30-3)12-10-18)24(28)27(25(23)29)20-7-5-6-8-21(20)31-4/h5-12,16-17H,13-15H2,1-4H3. The molecule has 6 nitrogen and oxygen atoms in total. The highest BCUT2D eigenvalue weighted by atomic mass is 16.5. The third-order valence-corrected chi connectivity index (χ3v) is 5.95. The first kappa shape index (κ1) is 21.0. The Labute approximate surface area is 183 Å². The van der Waals surface area contributed by atoms with Gasteiger partial charge in [0, 0.05) is 13.1 Å². The Morgan fingerprint density at radius 1 is 0.839 bits per heavy atom. The fourth-order valence-corrected chi connectivity index (χ4v) is 4.71. The summed E-state index contributed by atoms with van der Waals surface area (Å²) in [6, 6.07) is 14.4. The minimum atomic E-state index is -0.333. The van der Waals surface area contributed by atoms with Gasteiger partial charge < -0.3 is 14.4 Å². The Bertz CT molecular complexity index is 1020. The largest absolute Gasteiger partial charge is 0.497 e. The van der Waals surface area contributed by atoms with Crippen molar-refractivity contribution < 1.29 is 19.1 Å². The van der Waals surface area contributed by atoms with Gasteiger partial charge in [0.25, 0.3) is 11.8 Å². The summed E-state index contributed by atoms with van der Waals surface area (Å²) in [5, 5.41) is 0. The van der Waals surface area contributed by atoms with E-state index in [1.165, 1.54) is 12.0 Å². The fourth-order valence-electron chi connectivity index (χ4n) is 4.71. The molecule has 1 saturated heterocycles. The van der Waals surface area contributed by atoms with Crippen molar-refractivity contribution in [2.24, 2.45) is 11.8 Å². The molecule has 0 bridgehead atoms. The van der Waals surface area contributed by atoms with Gasteiger partial charge in [-0.1, -0.05) is 38.1 Å². The van der Waals surface area contributed by atoms with E-state index in [2.05, 4.69) is 18.7 Å². The summed E-state index contributed by atoms with van der Waals surface area (Å²) < 4.78 is 10.7. The van der Waals surface area contributed by atoms with Crippen LogP contribution in [-0.2, 0) is 9.59 Å². The smallest absolute Gasteiger partial charge is 0.282 e. The average molecular weight is 421 g/mol. The van der Waals surface area contributed by atoms with Gasteiger partial charge in [-0.3, -0.25) is 9.59 Å². The van der Waals surface area contributed by atoms with Crippen LogP contribution in [0.15, 0.2) is 54.2 Å². The molecule has 0 radical (unpaired) electrons. The van der Waals surface area contributed by atoms with Crippen LogP contribution in [0.5, 0.6) is 11.5 Å². The average Bonchev–Trinajstić information content (AvgIpc) is 3.03. The fraction of sp³-hybridized carbons (Fsp3) is 0.360. The number of ether oxygens (including phenoxy) is 2. The summed E-state index contributed by atoms with van der Waals surface area (Å²) >= 11 is 0. The van der Waals surface area contributed by atoms with E-state index in [1.807, 2.05) is 30.3 Å². The van der Waals surface area contributed by atoms with E-state index in [0.717, 1.165) is 19.5 Å². The highest BCUT2D eigenvalue weighted by molar-refractivity contribution is 6.45. The molecule has 2 aliphatic heterocycles. The second-order valence-corrected chi connectivity index (χ2v) is 8.42. The van der Waals surface area contributed by atoms with E-state index >= 15 is 0 Å². The minimum Gasteiger partial charge on any atom is -0.497 e. The molecule has 0 N–H and O–H groups in total. The first-order valence-electron chi connectivity index (χ1n) is 10.6. The summed E-state index contributed by atoms with van der Waals surface area (Å²) in [4.78, 5) is 30.8. The van der Waals surface area contributed by atoms with Gasteiger partial charge in [0.15, 0.2) is 0 Å². The highest BCUT2D eigenvalue weighted by Gasteiger charge is 2.44. The molecule has 4 rings (SSSR count). The molecular weight excluding hydrogens is 392 g/mol.